The van der Waals surface area contributed by atoms with Gasteiger partial charge in [0.1, 0.15) is 18.2 Å². The van der Waals surface area contributed by atoms with Gasteiger partial charge in [-0.25, -0.2) is 19.4 Å². The van der Waals surface area contributed by atoms with Crippen LogP contribution in [0, 0.1) is 17.1 Å². The van der Waals surface area contributed by atoms with E-state index in [2.05, 4.69) is 15.6 Å². The summed E-state index contributed by atoms with van der Waals surface area (Å²) < 4.78 is 15.6. The van der Waals surface area contributed by atoms with Crippen molar-refractivity contribution >= 4 is 11.3 Å². The summed E-state index contributed by atoms with van der Waals surface area (Å²) in [6.07, 6.45) is 1.42. The van der Waals surface area contributed by atoms with Gasteiger partial charge in [-0.2, -0.15) is 10.4 Å². The third-order valence-corrected chi connectivity index (χ3v) is 3.79. The second-order valence-corrected chi connectivity index (χ2v) is 5.48. The minimum atomic E-state index is -0.586. The van der Waals surface area contributed by atoms with Crippen LogP contribution in [0.2, 0.25) is 0 Å². The molecule has 0 spiro atoms. The molecule has 6 nitrogen and oxygen atoms in total. The van der Waals surface area contributed by atoms with E-state index in [0.717, 1.165) is 0 Å². The van der Waals surface area contributed by atoms with Gasteiger partial charge in [0.2, 0.25) is 0 Å². The monoisotopic (exact) mass is 345 g/mol. The van der Waals surface area contributed by atoms with E-state index in [9.17, 15) is 4.39 Å². The first-order valence-electron chi connectivity index (χ1n) is 7.76. The predicted molar refractivity (Wildman–Crippen MR) is 93.8 cm³/mol. The van der Waals surface area contributed by atoms with Crippen molar-refractivity contribution in [1.82, 2.24) is 14.6 Å². The summed E-state index contributed by atoms with van der Waals surface area (Å²) >= 11 is 0. The molecule has 0 atom stereocenters. The fourth-order valence-electron chi connectivity index (χ4n) is 2.56. The molecule has 26 heavy (non-hydrogen) atoms. The lowest BCUT2D eigenvalue weighted by atomic mass is 10.1. The maximum atomic E-state index is 14.0. The minimum Gasteiger partial charge on any atom is -0.382 e. The lowest BCUT2D eigenvalue weighted by Gasteiger charge is -2.11. The Balaban J connectivity index is 1.73. The second kappa shape index (κ2) is 6.53. The van der Waals surface area contributed by atoms with Crippen molar-refractivity contribution in [2.75, 3.05) is 5.48 Å². The van der Waals surface area contributed by atoms with Gasteiger partial charge in [-0.3, -0.25) is 0 Å². The molecule has 0 aliphatic heterocycles. The molecule has 0 amide bonds. The SMILES string of the molecule is N#Cc1ccc(-c2cc(NOc3ccccc3)cc3ncnn23)cc1F. The Morgan fingerprint density at radius 3 is 2.69 bits per heavy atom. The van der Waals surface area contributed by atoms with Crippen LogP contribution >= 0.6 is 0 Å². The summed E-state index contributed by atoms with van der Waals surface area (Å²) in [6, 6.07) is 19.0. The first-order chi connectivity index (χ1) is 12.7. The molecule has 2 aromatic heterocycles. The number of benzene rings is 2. The summed E-state index contributed by atoms with van der Waals surface area (Å²) in [5.41, 5.74) is 5.25. The number of nitriles is 1. The van der Waals surface area contributed by atoms with E-state index in [1.54, 1.807) is 22.7 Å². The van der Waals surface area contributed by atoms with Gasteiger partial charge in [-0.05, 0) is 30.3 Å². The highest BCUT2D eigenvalue weighted by Crippen LogP contribution is 2.26. The maximum Gasteiger partial charge on any atom is 0.158 e. The molecule has 0 bridgehead atoms. The standard InChI is InChI=1S/C19H12FN5O/c20-17-8-13(6-7-14(17)11-21)18-9-15(10-19-22-12-23-25(18)19)24-26-16-4-2-1-3-5-16/h1-10,12,24H. The van der Waals surface area contributed by atoms with Gasteiger partial charge >= 0.3 is 0 Å². The molecule has 0 saturated heterocycles. The fraction of sp³-hybridized carbons (Fsp3) is 0. The molecule has 126 valence electrons. The number of halogens is 1. The molecule has 0 aliphatic carbocycles. The number of hydrogen-bond acceptors (Lipinski definition) is 5. The van der Waals surface area contributed by atoms with E-state index in [0.29, 0.717) is 28.3 Å². The minimum absolute atomic E-state index is 0.00900. The molecule has 4 aromatic rings. The normalized spacial score (nSPS) is 10.5. The highest BCUT2D eigenvalue weighted by Gasteiger charge is 2.11. The van der Waals surface area contributed by atoms with Crippen molar-refractivity contribution in [2.24, 2.45) is 0 Å². The number of aromatic nitrogens is 3. The van der Waals surface area contributed by atoms with E-state index in [1.807, 2.05) is 36.4 Å². The Kier molecular flexibility index (Phi) is 3.92. The van der Waals surface area contributed by atoms with Crippen LogP contribution in [0.25, 0.3) is 16.9 Å². The zero-order chi connectivity index (χ0) is 17.9. The van der Waals surface area contributed by atoms with Crippen LogP contribution < -0.4 is 10.3 Å². The molecular weight excluding hydrogens is 333 g/mol. The molecule has 7 heteroatoms. The molecule has 1 N–H and O–H groups in total. The number of pyridine rings is 1. The van der Waals surface area contributed by atoms with Crippen LogP contribution in [0.4, 0.5) is 10.1 Å². The molecule has 0 radical (unpaired) electrons. The molecule has 0 aliphatic rings. The Morgan fingerprint density at radius 1 is 1.08 bits per heavy atom. The molecule has 2 heterocycles. The number of hydrogen-bond donors (Lipinski definition) is 1. The summed E-state index contributed by atoms with van der Waals surface area (Å²) in [5.74, 6) is 0.0666. The Hall–Kier alpha value is -3.92. The molecular formula is C19H12FN5O. The lowest BCUT2D eigenvalue weighted by molar-refractivity contribution is 0.405. The van der Waals surface area contributed by atoms with Gasteiger partial charge in [-0.15, -0.1) is 0 Å². The van der Waals surface area contributed by atoms with Gasteiger partial charge in [0.25, 0.3) is 0 Å². The van der Waals surface area contributed by atoms with Crippen LogP contribution in [0.15, 0.2) is 67.0 Å². The summed E-state index contributed by atoms with van der Waals surface area (Å²) in [5, 5.41) is 13.1. The molecule has 4 rings (SSSR count). The number of nitrogens with zero attached hydrogens (tertiary/aromatic N) is 4. The van der Waals surface area contributed by atoms with E-state index in [-0.39, 0.29) is 5.56 Å². The highest BCUT2D eigenvalue weighted by atomic mass is 19.1. The number of nitrogens with one attached hydrogen (secondary N) is 1. The van der Waals surface area contributed by atoms with Crippen molar-refractivity contribution in [3.05, 3.63) is 78.4 Å². The zero-order valence-electron chi connectivity index (χ0n) is 13.4. The lowest BCUT2D eigenvalue weighted by Crippen LogP contribution is -2.06. The summed E-state index contributed by atoms with van der Waals surface area (Å²) in [7, 11) is 0. The van der Waals surface area contributed by atoms with Crippen LogP contribution in [0.5, 0.6) is 5.75 Å². The van der Waals surface area contributed by atoms with E-state index < -0.39 is 5.82 Å². The van der Waals surface area contributed by atoms with Gasteiger partial charge in [0.15, 0.2) is 11.4 Å². The van der Waals surface area contributed by atoms with Crippen LogP contribution in [-0.4, -0.2) is 14.6 Å². The quantitative estimate of drug-likeness (QED) is 0.569. The number of fused-ring (bicyclic) bond motifs is 1. The highest BCUT2D eigenvalue weighted by molar-refractivity contribution is 5.70. The van der Waals surface area contributed by atoms with Crippen LogP contribution in [0.1, 0.15) is 5.56 Å². The third kappa shape index (κ3) is 2.91. The topological polar surface area (TPSA) is 75.2 Å². The third-order valence-electron chi connectivity index (χ3n) is 3.79. The maximum absolute atomic E-state index is 14.0. The Morgan fingerprint density at radius 2 is 1.92 bits per heavy atom. The van der Waals surface area contributed by atoms with Crippen LogP contribution in [-0.2, 0) is 0 Å². The Bertz CT molecular complexity index is 1120. The average molecular weight is 345 g/mol. The van der Waals surface area contributed by atoms with Crippen LogP contribution in [0.3, 0.4) is 0 Å². The van der Waals surface area contributed by atoms with E-state index in [1.165, 1.54) is 18.5 Å². The van der Waals surface area contributed by atoms with Gasteiger partial charge in [0.05, 0.1) is 16.9 Å². The largest absolute Gasteiger partial charge is 0.382 e. The van der Waals surface area contributed by atoms with Crippen molar-refractivity contribution in [3.63, 3.8) is 0 Å². The van der Waals surface area contributed by atoms with Gasteiger partial charge < -0.3 is 4.84 Å². The number of anilines is 1. The second-order valence-electron chi connectivity index (χ2n) is 5.48. The predicted octanol–water partition coefficient (Wildman–Crippen LogP) is 3.81. The van der Waals surface area contributed by atoms with Crippen molar-refractivity contribution < 1.29 is 9.23 Å². The van der Waals surface area contributed by atoms with E-state index in [4.69, 9.17) is 10.1 Å². The molecule has 0 unspecified atom stereocenters. The smallest absolute Gasteiger partial charge is 0.158 e. The molecule has 0 saturated carbocycles. The summed E-state index contributed by atoms with van der Waals surface area (Å²) in [6.45, 7) is 0. The van der Waals surface area contributed by atoms with Crippen molar-refractivity contribution in [2.45, 2.75) is 0 Å². The fourth-order valence-corrected chi connectivity index (χ4v) is 2.56. The van der Waals surface area contributed by atoms with E-state index >= 15 is 0 Å². The van der Waals surface area contributed by atoms with Crippen molar-refractivity contribution in [3.8, 4) is 23.1 Å². The first kappa shape index (κ1) is 15.6. The van der Waals surface area contributed by atoms with Crippen molar-refractivity contribution in [1.29, 1.82) is 5.26 Å². The van der Waals surface area contributed by atoms with Gasteiger partial charge in [-0.1, -0.05) is 24.3 Å². The van der Waals surface area contributed by atoms with Gasteiger partial charge in [0, 0.05) is 11.6 Å². The molecule has 0 fully saturated rings. The summed E-state index contributed by atoms with van der Waals surface area (Å²) in [4.78, 5) is 9.73. The zero-order valence-corrected chi connectivity index (χ0v) is 13.4. The number of para-hydroxylation sites is 1. The number of rotatable bonds is 4. The molecule has 2 aromatic carbocycles. The first-order valence-corrected chi connectivity index (χ1v) is 7.76. The Labute approximate surface area is 148 Å². The average Bonchev–Trinajstić information content (AvgIpc) is 3.15.